The highest BCUT2D eigenvalue weighted by Crippen LogP contribution is 2.25. The monoisotopic (exact) mass is 388 g/mol. The largest absolute Gasteiger partial charge is 0.325 e. The summed E-state index contributed by atoms with van der Waals surface area (Å²) in [5, 5.41) is 0. The molecule has 3 rings (SSSR count). The third-order valence-electron chi connectivity index (χ3n) is 5.57. The molecule has 0 radical (unpaired) electrons. The van der Waals surface area contributed by atoms with Crippen LogP contribution in [0.25, 0.3) is 0 Å². The summed E-state index contributed by atoms with van der Waals surface area (Å²) in [6.45, 7) is 1.35. The molecule has 0 N–H and O–H groups in total. The first-order chi connectivity index (χ1) is 13.0. The molecule has 2 fully saturated rings. The lowest BCUT2D eigenvalue weighted by atomic mass is 9.93. The van der Waals surface area contributed by atoms with Gasteiger partial charge in [0.05, 0.1) is 11.4 Å². The standard InChI is InChI=1S/C21H28N2O3S/c1-2-14-23(19-11-5-3-6-12-19)21(24)18-10-9-13-20(17-18)27(25,26)22-15-7-4-8-16-22/h1,9-10,13,17,19H,3-8,11-12,14-16H2. The number of carbonyl (C=O) groups is 1. The molecule has 1 aliphatic carbocycles. The Balaban J connectivity index is 1.84. The van der Waals surface area contributed by atoms with E-state index in [4.69, 9.17) is 6.42 Å². The molecule has 27 heavy (non-hydrogen) atoms. The molecule has 1 heterocycles. The number of hydrogen-bond acceptors (Lipinski definition) is 3. The van der Waals surface area contributed by atoms with Crippen molar-refractivity contribution >= 4 is 15.9 Å². The van der Waals surface area contributed by atoms with E-state index < -0.39 is 10.0 Å². The van der Waals surface area contributed by atoms with Gasteiger partial charge in [-0.25, -0.2) is 8.42 Å². The molecule has 0 atom stereocenters. The number of carbonyl (C=O) groups excluding carboxylic acids is 1. The Morgan fingerprint density at radius 1 is 1.11 bits per heavy atom. The van der Waals surface area contributed by atoms with Crippen LogP contribution in [-0.2, 0) is 10.0 Å². The van der Waals surface area contributed by atoms with Crippen LogP contribution in [0, 0.1) is 12.3 Å². The smallest absolute Gasteiger partial charge is 0.254 e. The van der Waals surface area contributed by atoms with E-state index >= 15 is 0 Å². The number of benzene rings is 1. The van der Waals surface area contributed by atoms with Crippen LogP contribution in [0.2, 0.25) is 0 Å². The summed E-state index contributed by atoms with van der Waals surface area (Å²) in [7, 11) is -3.56. The third kappa shape index (κ3) is 4.53. The van der Waals surface area contributed by atoms with E-state index in [0.29, 0.717) is 18.7 Å². The normalized spacial score (nSPS) is 19.4. The lowest BCUT2D eigenvalue weighted by molar-refractivity contribution is 0.0667. The van der Waals surface area contributed by atoms with Crippen LogP contribution in [0.15, 0.2) is 29.2 Å². The summed E-state index contributed by atoms with van der Waals surface area (Å²) in [6, 6.07) is 6.57. The first-order valence-corrected chi connectivity index (χ1v) is 11.3. The fraction of sp³-hybridized carbons (Fsp3) is 0.571. The molecule has 1 aromatic carbocycles. The number of sulfonamides is 1. The van der Waals surface area contributed by atoms with Crippen molar-refractivity contribution in [1.29, 1.82) is 0 Å². The Labute approximate surface area is 162 Å². The van der Waals surface area contributed by atoms with E-state index in [1.54, 1.807) is 23.1 Å². The van der Waals surface area contributed by atoms with Gasteiger partial charge in [-0.05, 0) is 43.9 Å². The van der Waals surface area contributed by atoms with Gasteiger partial charge in [-0.2, -0.15) is 4.31 Å². The Morgan fingerprint density at radius 2 is 1.78 bits per heavy atom. The summed E-state index contributed by atoms with van der Waals surface area (Å²) < 4.78 is 27.4. The second-order valence-electron chi connectivity index (χ2n) is 7.42. The minimum Gasteiger partial charge on any atom is -0.325 e. The predicted octanol–water partition coefficient (Wildman–Crippen LogP) is 3.27. The van der Waals surface area contributed by atoms with Crippen molar-refractivity contribution in [2.75, 3.05) is 19.6 Å². The van der Waals surface area contributed by atoms with E-state index in [1.807, 2.05) is 0 Å². The number of amides is 1. The second-order valence-corrected chi connectivity index (χ2v) is 9.36. The van der Waals surface area contributed by atoms with Gasteiger partial charge in [0, 0.05) is 24.7 Å². The highest BCUT2D eigenvalue weighted by atomic mass is 32.2. The highest BCUT2D eigenvalue weighted by molar-refractivity contribution is 7.89. The first-order valence-electron chi connectivity index (χ1n) is 9.88. The number of hydrogen-bond donors (Lipinski definition) is 0. The number of terminal acetylenes is 1. The van der Waals surface area contributed by atoms with Crippen LogP contribution in [0.5, 0.6) is 0 Å². The zero-order valence-corrected chi connectivity index (χ0v) is 16.6. The zero-order valence-electron chi connectivity index (χ0n) is 15.8. The third-order valence-corrected chi connectivity index (χ3v) is 7.47. The molecule has 146 valence electrons. The van der Waals surface area contributed by atoms with Gasteiger partial charge < -0.3 is 4.90 Å². The molecular formula is C21H28N2O3S. The molecule has 0 aromatic heterocycles. The van der Waals surface area contributed by atoms with E-state index in [9.17, 15) is 13.2 Å². The van der Waals surface area contributed by atoms with Crippen LogP contribution in [0.3, 0.4) is 0 Å². The van der Waals surface area contributed by atoms with E-state index in [1.165, 1.54) is 16.8 Å². The zero-order chi connectivity index (χ0) is 19.3. The second kappa shape index (κ2) is 8.90. The minimum absolute atomic E-state index is 0.143. The summed E-state index contributed by atoms with van der Waals surface area (Å²) in [5.41, 5.74) is 0.397. The lowest BCUT2D eigenvalue weighted by Crippen LogP contribution is -2.41. The minimum atomic E-state index is -3.56. The van der Waals surface area contributed by atoms with Crippen LogP contribution in [-0.4, -0.2) is 49.2 Å². The van der Waals surface area contributed by atoms with E-state index in [-0.39, 0.29) is 23.4 Å². The molecule has 6 heteroatoms. The van der Waals surface area contributed by atoms with Gasteiger partial charge in [0.1, 0.15) is 0 Å². The Hall–Kier alpha value is -1.84. The molecule has 2 aliphatic rings. The van der Waals surface area contributed by atoms with Crippen molar-refractivity contribution in [2.45, 2.75) is 62.3 Å². The topological polar surface area (TPSA) is 57.7 Å². The van der Waals surface area contributed by atoms with Gasteiger partial charge in [-0.3, -0.25) is 4.79 Å². The molecule has 1 saturated carbocycles. The molecule has 0 spiro atoms. The van der Waals surface area contributed by atoms with Crippen molar-refractivity contribution < 1.29 is 13.2 Å². The van der Waals surface area contributed by atoms with E-state index in [0.717, 1.165) is 44.9 Å². The van der Waals surface area contributed by atoms with Crippen LogP contribution < -0.4 is 0 Å². The quantitative estimate of drug-likeness (QED) is 0.728. The number of rotatable bonds is 5. The number of nitrogens with zero attached hydrogens (tertiary/aromatic N) is 2. The Kier molecular flexibility index (Phi) is 6.56. The highest BCUT2D eigenvalue weighted by Gasteiger charge is 2.29. The molecule has 5 nitrogen and oxygen atoms in total. The fourth-order valence-corrected chi connectivity index (χ4v) is 5.63. The van der Waals surface area contributed by atoms with Crippen molar-refractivity contribution in [3.05, 3.63) is 29.8 Å². The first kappa shape index (κ1) is 19.9. The molecular weight excluding hydrogens is 360 g/mol. The molecule has 1 saturated heterocycles. The van der Waals surface area contributed by atoms with E-state index in [2.05, 4.69) is 5.92 Å². The van der Waals surface area contributed by atoms with Crippen molar-refractivity contribution in [1.82, 2.24) is 9.21 Å². The molecule has 1 amide bonds. The summed E-state index contributed by atoms with van der Waals surface area (Å²) >= 11 is 0. The maximum Gasteiger partial charge on any atom is 0.254 e. The fourth-order valence-electron chi connectivity index (χ4n) is 4.07. The van der Waals surface area contributed by atoms with Gasteiger partial charge in [0.25, 0.3) is 5.91 Å². The van der Waals surface area contributed by atoms with Crippen molar-refractivity contribution in [3.63, 3.8) is 0 Å². The lowest BCUT2D eigenvalue weighted by Gasteiger charge is -2.33. The van der Waals surface area contributed by atoms with Crippen LogP contribution in [0.4, 0.5) is 0 Å². The van der Waals surface area contributed by atoms with Gasteiger partial charge in [-0.1, -0.05) is 37.7 Å². The predicted molar refractivity (Wildman–Crippen MR) is 106 cm³/mol. The van der Waals surface area contributed by atoms with Gasteiger partial charge in [-0.15, -0.1) is 6.42 Å². The molecule has 1 aliphatic heterocycles. The van der Waals surface area contributed by atoms with Gasteiger partial charge in [0.2, 0.25) is 10.0 Å². The molecule has 0 bridgehead atoms. The molecule has 1 aromatic rings. The van der Waals surface area contributed by atoms with Gasteiger partial charge in [0.15, 0.2) is 0 Å². The van der Waals surface area contributed by atoms with Crippen molar-refractivity contribution in [3.8, 4) is 12.3 Å². The SMILES string of the molecule is C#CCN(C(=O)c1cccc(S(=O)(=O)N2CCCCC2)c1)C1CCCCC1. The maximum atomic E-state index is 13.1. The number of piperidine rings is 1. The van der Waals surface area contributed by atoms with Gasteiger partial charge >= 0.3 is 0 Å². The summed E-state index contributed by atoms with van der Waals surface area (Å²) in [5.74, 6) is 2.42. The van der Waals surface area contributed by atoms with Crippen molar-refractivity contribution in [2.24, 2.45) is 0 Å². The van der Waals surface area contributed by atoms with Crippen LogP contribution >= 0.6 is 0 Å². The maximum absolute atomic E-state index is 13.1. The average Bonchev–Trinajstić information content (AvgIpc) is 2.73. The Morgan fingerprint density at radius 3 is 2.44 bits per heavy atom. The average molecular weight is 389 g/mol. The Bertz CT molecular complexity index is 801. The summed E-state index contributed by atoms with van der Waals surface area (Å²) in [6.07, 6.45) is 13.6. The molecule has 0 unspecified atom stereocenters. The summed E-state index contributed by atoms with van der Waals surface area (Å²) in [4.78, 5) is 15.0. The van der Waals surface area contributed by atoms with Crippen LogP contribution in [0.1, 0.15) is 61.7 Å².